The first-order valence-corrected chi connectivity index (χ1v) is 6.96. The Balaban J connectivity index is 2.22. The molecule has 1 heterocycles. The summed E-state index contributed by atoms with van der Waals surface area (Å²) in [7, 11) is 0. The highest BCUT2D eigenvalue weighted by atomic mass is 16.5. The van der Waals surface area contributed by atoms with Crippen LogP contribution in [0.15, 0.2) is 0 Å². The largest absolute Gasteiger partial charge is 0.313 e. The maximum absolute atomic E-state index is 10.6. The van der Waals surface area contributed by atoms with Crippen molar-refractivity contribution in [3.05, 3.63) is 0 Å². The van der Waals surface area contributed by atoms with Gasteiger partial charge in [0.15, 0.2) is 0 Å². The Kier molecular flexibility index (Phi) is 3.33. The molecule has 0 aromatic carbocycles. The van der Waals surface area contributed by atoms with Gasteiger partial charge in [-0.3, -0.25) is 0 Å². The molecule has 1 unspecified atom stereocenters. The summed E-state index contributed by atoms with van der Waals surface area (Å²) in [6.07, 6.45) is 9.97. The quantitative estimate of drug-likeness (QED) is 0.674. The Morgan fingerprint density at radius 3 is 2.12 bits per heavy atom. The molecule has 1 saturated carbocycles. The zero-order chi connectivity index (χ0) is 11.8. The lowest BCUT2D eigenvalue weighted by Gasteiger charge is -2.54. The molecule has 1 aliphatic heterocycles. The first-order chi connectivity index (χ1) is 7.46. The van der Waals surface area contributed by atoms with Gasteiger partial charge in [0.1, 0.15) is 0 Å². The van der Waals surface area contributed by atoms with Crippen LogP contribution in [0.25, 0.3) is 0 Å². The van der Waals surface area contributed by atoms with Crippen LogP contribution in [0.4, 0.5) is 0 Å². The fourth-order valence-corrected chi connectivity index (χ4v) is 4.19. The third-order valence-corrected chi connectivity index (χ3v) is 4.63. The molecule has 0 radical (unpaired) electrons. The Hall–Kier alpha value is -0.0800. The fraction of sp³-hybridized carbons (Fsp3) is 1.00. The van der Waals surface area contributed by atoms with E-state index >= 15 is 0 Å². The summed E-state index contributed by atoms with van der Waals surface area (Å²) in [6, 6.07) is 0. The molecule has 94 valence electrons. The van der Waals surface area contributed by atoms with Gasteiger partial charge in [0.2, 0.25) is 0 Å². The van der Waals surface area contributed by atoms with E-state index in [0.717, 1.165) is 12.3 Å². The molecule has 0 amide bonds. The molecule has 2 heteroatoms. The van der Waals surface area contributed by atoms with Crippen LogP contribution in [0.2, 0.25) is 0 Å². The Morgan fingerprint density at radius 2 is 1.56 bits per heavy atom. The van der Waals surface area contributed by atoms with E-state index in [1.54, 1.807) is 5.06 Å². The van der Waals surface area contributed by atoms with Gasteiger partial charge < -0.3 is 5.21 Å². The molecule has 1 N–H and O–H groups in total. The molecular weight excluding hydrogens is 198 g/mol. The smallest absolute Gasteiger partial charge is 0.0469 e. The SMILES string of the molecule is CC1CC(C)(C)N(O)C2(CCCCCC2)C1. The van der Waals surface area contributed by atoms with Gasteiger partial charge in [0.25, 0.3) is 0 Å². The molecule has 1 spiro atoms. The predicted molar refractivity (Wildman–Crippen MR) is 66.5 cm³/mol. The van der Waals surface area contributed by atoms with Crippen molar-refractivity contribution in [2.75, 3.05) is 0 Å². The van der Waals surface area contributed by atoms with E-state index in [2.05, 4.69) is 20.8 Å². The minimum Gasteiger partial charge on any atom is -0.313 e. The fourth-order valence-electron chi connectivity index (χ4n) is 4.19. The normalized spacial score (nSPS) is 34.9. The summed E-state index contributed by atoms with van der Waals surface area (Å²) in [4.78, 5) is 0. The number of hydroxylamine groups is 2. The molecule has 1 saturated heterocycles. The number of hydrogen-bond donors (Lipinski definition) is 1. The van der Waals surface area contributed by atoms with E-state index in [0.29, 0.717) is 0 Å². The van der Waals surface area contributed by atoms with Crippen LogP contribution in [-0.2, 0) is 0 Å². The molecule has 2 rings (SSSR count). The maximum atomic E-state index is 10.6. The minimum atomic E-state index is -0.0397. The van der Waals surface area contributed by atoms with E-state index in [4.69, 9.17) is 0 Å². The van der Waals surface area contributed by atoms with Crippen molar-refractivity contribution in [2.45, 2.75) is 83.2 Å². The average molecular weight is 225 g/mol. The van der Waals surface area contributed by atoms with Crippen molar-refractivity contribution < 1.29 is 5.21 Å². The average Bonchev–Trinajstić information content (AvgIpc) is 2.40. The van der Waals surface area contributed by atoms with Gasteiger partial charge in [-0.25, -0.2) is 0 Å². The van der Waals surface area contributed by atoms with Crippen LogP contribution in [0, 0.1) is 5.92 Å². The van der Waals surface area contributed by atoms with Gasteiger partial charge in [-0.1, -0.05) is 32.6 Å². The highest BCUT2D eigenvalue weighted by Crippen LogP contribution is 2.46. The molecular formula is C14H27NO. The highest BCUT2D eigenvalue weighted by Gasteiger charge is 2.48. The second-order valence-electron chi connectivity index (χ2n) is 6.78. The Bertz CT molecular complexity index is 241. The van der Waals surface area contributed by atoms with Crippen molar-refractivity contribution in [1.82, 2.24) is 5.06 Å². The van der Waals surface area contributed by atoms with Crippen LogP contribution in [0.1, 0.15) is 72.1 Å². The summed E-state index contributed by atoms with van der Waals surface area (Å²) in [6.45, 7) is 6.73. The van der Waals surface area contributed by atoms with E-state index < -0.39 is 0 Å². The summed E-state index contributed by atoms with van der Waals surface area (Å²) >= 11 is 0. The molecule has 0 bridgehead atoms. The molecule has 2 nitrogen and oxygen atoms in total. The van der Waals surface area contributed by atoms with Gasteiger partial charge in [-0.2, -0.15) is 5.06 Å². The van der Waals surface area contributed by atoms with Crippen LogP contribution in [-0.4, -0.2) is 21.3 Å². The summed E-state index contributed by atoms with van der Waals surface area (Å²) in [5, 5.41) is 12.3. The molecule has 0 aromatic heterocycles. The molecule has 2 aliphatic rings. The van der Waals surface area contributed by atoms with Crippen LogP contribution in [0.3, 0.4) is 0 Å². The second-order valence-corrected chi connectivity index (χ2v) is 6.78. The van der Waals surface area contributed by atoms with Crippen LogP contribution < -0.4 is 0 Å². The van der Waals surface area contributed by atoms with Gasteiger partial charge in [-0.15, -0.1) is 0 Å². The van der Waals surface area contributed by atoms with Gasteiger partial charge in [-0.05, 0) is 45.4 Å². The molecule has 1 atom stereocenters. The maximum Gasteiger partial charge on any atom is 0.0469 e. The monoisotopic (exact) mass is 225 g/mol. The van der Waals surface area contributed by atoms with E-state index in [1.165, 1.54) is 44.9 Å². The van der Waals surface area contributed by atoms with Crippen molar-refractivity contribution in [2.24, 2.45) is 5.92 Å². The Morgan fingerprint density at radius 1 is 1.00 bits per heavy atom. The summed E-state index contributed by atoms with van der Waals surface area (Å²) < 4.78 is 0. The van der Waals surface area contributed by atoms with E-state index in [9.17, 15) is 5.21 Å². The summed E-state index contributed by atoms with van der Waals surface area (Å²) in [5.74, 6) is 0.747. The van der Waals surface area contributed by atoms with E-state index in [1.807, 2.05) is 0 Å². The lowest BCUT2D eigenvalue weighted by Crippen LogP contribution is -2.61. The molecule has 0 aromatic rings. The minimum absolute atomic E-state index is 0.0397. The van der Waals surface area contributed by atoms with Crippen LogP contribution in [0.5, 0.6) is 0 Å². The predicted octanol–water partition coefficient (Wildman–Crippen LogP) is 3.98. The zero-order valence-corrected chi connectivity index (χ0v) is 11.1. The Labute approximate surface area is 100.0 Å². The molecule has 16 heavy (non-hydrogen) atoms. The van der Waals surface area contributed by atoms with E-state index in [-0.39, 0.29) is 11.1 Å². The molecule has 1 aliphatic carbocycles. The summed E-state index contributed by atoms with van der Waals surface area (Å²) in [5.41, 5.74) is 0.0552. The number of nitrogens with zero attached hydrogens (tertiary/aromatic N) is 1. The lowest BCUT2D eigenvalue weighted by molar-refractivity contribution is -0.264. The molecule has 2 fully saturated rings. The highest BCUT2D eigenvalue weighted by molar-refractivity contribution is 5.00. The van der Waals surface area contributed by atoms with Gasteiger partial charge in [0, 0.05) is 11.1 Å². The van der Waals surface area contributed by atoms with Crippen molar-refractivity contribution >= 4 is 0 Å². The van der Waals surface area contributed by atoms with Crippen LogP contribution >= 0.6 is 0 Å². The lowest BCUT2D eigenvalue weighted by atomic mass is 9.71. The van der Waals surface area contributed by atoms with Crippen molar-refractivity contribution in [3.8, 4) is 0 Å². The first-order valence-electron chi connectivity index (χ1n) is 6.96. The van der Waals surface area contributed by atoms with Gasteiger partial charge in [0.05, 0.1) is 0 Å². The van der Waals surface area contributed by atoms with Crippen molar-refractivity contribution in [1.29, 1.82) is 0 Å². The first kappa shape index (κ1) is 12.4. The van der Waals surface area contributed by atoms with Gasteiger partial charge >= 0.3 is 0 Å². The number of hydrogen-bond acceptors (Lipinski definition) is 2. The third kappa shape index (κ3) is 2.14. The third-order valence-electron chi connectivity index (χ3n) is 4.63. The second kappa shape index (κ2) is 4.30. The zero-order valence-electron chi connectivity index (χ0n) is 11.1. The number of piperidine rings is 1. The standard InChI is InChI=1S/C14H27NO/c1-12-10-13(2,3)15(16)14(11-12)8-6-4-5-7-9-14/h12,16H,4-11H2,1-3H3. The number of rotatable bonds is 0. The topological polar surface area (TPSA) is 23.5 Å². The van der Waals surface area contributed by atoms with Crippen molar-refractivity contribution in [3.63, 3.8) is 0 Å².